The number of nitrogens with zero attached hydrogens (tertiary/aromatic N) is 3. The monoisotopic (exact) mass is 277 g/mol. The van der Waals surface area contributed by atoms with E-state index < -0.39 is 0 Å². The van der Waals surface area contributed by atoms with Gasteiger partial charge in [0, 0.05) is 25.4 Å². The molecule has 2 aromatic heterocycles. The molecule has 0 bridgehead atoms. The van der Waals surface area contributed by atoms with Gasteiger partial charge in [-0.2, -0.15) is 0 Å². The van der Waals surface area contributed by atoms with Gasteiger partial charge in [-0.05, 0) is 24.0 Å². The van der Waals surface area contributed by atoms with E-state index in [2.05, 4.69) is 23.7 Å². The van der Waals surface area contributed by atoms with E-state index in [1.807, 2.05) is 6.07 Å². The smallest absolute Gasteiger partial charge is 0.260 e. The maximum atomic E-state index is 12.2. The standard InChI is InChI=1S/C14H16ClN3O/c1-9(2)11-6-10(15)8-18-13(19)7-12(16-14(11)18)17-4-3-5-17/h6-9H,3-5H2,1-2H3. The van der Waals surface area contributed by atoms with Crippen LogP contribution >= 0.6 is 11.6 Å². The van der Waals surface area contributed by atoms with E-state index in [9.17, 15) is 4.79 Å². The average molecular weight is 278 g/mol. The van der Waals surface area contributed by atoms with Crippen LogP contribution in [0.3, 0.4) is 0 Å². The molecule has 3 heterocycles. The van der Waals surface area contributed by atoms with Crippen LogP contribution in [0.1, 0.15) is 31.7 Å². The summed E-state index contributed by atoms with van der Waals surface area (Å²) in [6, 6.07) is 3.49. The lowest BCUT2D eigenvalue weighted by molar-refractivity contribution is 0.609. The molecule has 0 aromatic carbocycles. The first-order valence-corrected chi connectivity index (χ1v) is 6.92. The van der Waals surface area contributed by atoms with Crippen molar-refractivity contribution in [3.05, 3.63) is 39.3 Å². The Morgan fingerprint density at radius 3 is 2.63 bits per heavy atom. The third-order valence-electron chi connectivity index (χ3n) is 3.54. The molecule has 1 aliphatic heterocycles. The zero-order valence-corrected chi connectivity index (χ0v) is 11.8. The van der Waals surface area contributed by atoms with E-state index in [-0.39, 0.29) is 11.5 Å². The number of hydrogen-bond donors (Lipinski definition) is 0. The number of rotatable bonds is 2. The molecule has 0 aliphatic carbocycles. The lowest BCUT2D eigenvalue weighted by Gasteiger charge is -2.32. The Bertz CT molecular complexity index is 689. The van der Waals surface area contributed by atoms with Crippen LogP contribution in [0.2, 0.25) is 5.02 Å². The number of pyridine rings is 1. The van der Waals surface area contributed by atoms with Gasteiger partial charge in [-0.25, -0.2) is 4.98 Å². The van der Waals surface area contributed by atoms with E-state index in [0.717, 1.165) is 24.5 Å². The number of aromatic nitrogens is 2. The largest absolute Gasteiger partial charge is 0.356 e. The average Bonchev–Trinajstić information content (AvgIpc) is 2.27. The minimum atomic E-state index is -0.0729. The fourth-order valence-electron chi connectivity index (χ4n) is 2.31. The third-order valence-corrected chi connectivity index (χ3v) is 3.75. The fourth-order valence-corrected chi connectivity index (χ4v) is 2.53. The van der Waals surface area contributed by atoms with Gasteiger partial charge in [0.25, 0.3) is 5.56 Å². The molecule has 100 valence electrons. The van der Waals surface area contributed by atoms with Gasteiger partial charge in [0.1, 0.15) is 11.5 Å². The molecule has 0 radical (unpaired) electrons. The lowest BCUT2D eigenvalue weighted by Crippen LogP contribution is -2.38. The van der Waals surface area contributed by atoms with Crippen molar-refractivity contribution < 1.29 is 0 Å². The molecule has 1 saturated heterocycles. The SMILES string of the molecule is CC(C)c1cc(Cl)cn2c(=O)cc(N3CCC3)nc12. The van der Waals surface area contributed by atoms with Gasteiger partial charge in [0.05, 0.1) is 5.02 Å². The summed E-state index contributed by atoms with van der Waals surface area (Å²) in [6.07, 6.45) is 2.80. The van der Waals surface area contributed by atoms with Gasteiger partial charge < -0.3 is 4.90 Å². The molecule has 0 unspecified atom stereocenters. The molecule has 2 aromatic rings. The molecule has 0 N–H and O–H groups in total. The molecule has 4 nitrogen and oxygen atoms in total. The van der Waals surface area contributed by atoms with Gasteiger partial charge in [-0.15, -0.1) is 0 Å². The summed E-state index contributed by atoms with van der Waals surface area (Å²) >= 11 is 6.08. The first kappa shape index (κ1) is 12.5. The zero-order chi connectivity index (χ0) is 13.6. The van der Waals surface area contributed by atoms with Crippen molar-refractivity contribution in [1.82, 2.24) is 9.38 Å². The van der Waals surface area contributed by atoms with Gasteiger partial charge in [-0.3, -0.25) is 9.20 Å². The second-order valence-electron chi connectivity index (χ2n) is 5.26. The molecule has 1 fully saturated rings. The van der Waals surface area contributed by atoms with Crippen molar-refractivity contribution in [3.63, 3.8) is 0 Å². The van der Waals surface area contributed by atoms with Crippen LogP contribution in [0.15, 0.2) is 23.1 Å². The summed E-state index contributed by atoms with van der Waals surface area (Å²) in [5.74, 6) is 1.05. The topological polar surface area (TPSA) is 37.6 Å². The quantitative estimate of drug-likeness (QED) is 0.847. The van der Waals surface area contributed by atoms with Crippen LogP contribution in [0.5, 0.6) is 0 Å². The predicted molar refractivity (Wildman–Crippen MR) is 77.4 cm³/mol. The number of halogens is 1. The fraction of sp³-hybridized carbons (Fsp3) is 0.429. The Kier molecular flexibility index (Phi) is 2.97. The first-order chi connectivity index (χ1) is 9.06. The number of hydrogen-bond acceptors (Lipinski definition) is 3. The summed E-state index contributed by atoms with van der Waals surface area (Å²) in [5, 5.41) is 0.566. The second-order valence-corrected chi connectivity index (χ2v) is 5.69. The Hall–Kier alpha value is -1.55. The molecule has 0 atom stereocenters. The first-order valence-electron chi connectivity index (χ1n) is 6.54. The minimum Gasteiger partial charge on any atom is -0.356 e. The van der Waals surface area contributed by atoms with E-state index in [1.165, 1.54) is 6.42 Å². The molecule has 5 heteroatoms. The predicted octanol–water partition coefficient (Wildman–Crippen LogP) is 2.68. The molecule has 3 rings (SSSR count). The van der Waals surface area contributed by atoms with Crippen molar-refractivity contribution in [1.29, 1.82) is 0 Å². The number of anilines is 1. The zero-order valence-electron chi connectivity index (χ0n) is 11.1. The summed E-state index contributed by atoms with van der Waals surface area (Å²) in [7, 11) is 0. The Balaban J connectivity index is 2.29. The van der Waals surface area contributed by atoms with E-state index in [0.29, 0.717) is 10.7 Å². The van der Waals surface area contributed by atoms with E-state index in [4.69, 9.17) is 11.6 Å². The molecule has 0 amide bonds. The van der Waals surface area contributed by atoms with Crippen LogP contribution in [0.4, 0.5) is 5.82 Å². The van der Waals surface area contributed by atoms with Crippen LogP contribution in [-0.2, 0) is 0 Å². The maximum absolute atomic E-state index is 12.2. The van der Waals surface area contributed by atoms with Gasteiger partial charge in [0.2, 0.25) is 0 Å². The van der Waals surface area contributed by atoms with Crippen LogP contribution in [0, 0.1) is 0 Å². The van der Waals surface area contributed by atoms with Crippen LogP contribution < -0.4 is 10.5 Å². The highest BCUT2D eigenvalue weighted by Crippen LogP contribution is 2.24. The lowest BCUT2D eigenvalue weighted by atomic mass is 10.0. The van der Waals surface area contributed by atoms with Crippen molar-refractivity contribution in [2.75, 3.05) is 18.0 Å². The summed E-state index contributed by atoms with van der Waals surface area (Å²) in [5.41, 5.74) is 1.65. The number of fused-ring (bicyclic) bond motifs is 1. The Labute approximate surface area is 116 Å². The van der Waals surface area contributed by atoms with Crippen molar-refractivity contribution in [2.45, 2.75) is 26.2 Å². The van der Waals surface area contributed by atoms with Crippen molar-refractivity contribution in [2.24, 2.45) is 0 Å². The van der Waals surface area contributed by atoms with E-state index in [1.54, 1.807) is 16.7 Å². The van der Waals surface area contributed by atoms with Crippen LogP contribution in [-0.4, -0.2) is 22.5 Å². The summed E-state index contributed by atoms with van der Waals surface area (Å²) in [4.78, 5) is 19.0. The molecular weight excluding hydrogens is 262 g/mol. The summed E-state index contributed by atoms with van der Waals surface area (Å²) < 4.78 is 1.54. The van der Waals surface area contributed by atoms with Gasteiger partial charge >= 0.3 is 0 Å². The highest BCUT2D eigenvalue weighted by molar-refractivity contribution is 6.30. The van der Waals surface area contributed by atoms with Gasteiger partial charge in [0.15, 0.2) is 0 Å². The highest BCUT2D eigenvalue weighted by Gasteiger charge is 2.18. The van der Waals surface area contributed by atoms with Crippen molar-refractivity contribution in [3.8, 4) is 0 Å². The normalized spacial score (nSPS) is 15.1. The van der Waals surface area contributed by atoms with E-state index >= 15 is 0 Å². The molecular formula is C14H16ClN3O. The highest BCUT2D eigenvalue weighted by atomic mass is 35.5. The van der Waals surface area contributed by atoms with Crippen molar-refractivity contribution >= 4 is 23.1 Å². The Morgan fingerprint density at radius 1 is 1.32 bits per heavy atom. The molecule has 0 saturated carbocycles. The summed E-state index contributed by atoms with van der Waals surface area (Å²) in [6.45, 7) is 6.11. The van der Waals surface area contributed by atoms with Crippen LogP contribution in [0.25, 0.3) is 5.65 Å². The molecule has 0 spiro atoms. The minimum absolute atomic E-state index is 0.0729. The molecule has 19 heavy (non-hydrogen) atoms. The molecule has 1 aliphatic rings. The van der Waals surface area contributed by atoms with Gasteiger partial charge in [-0.1, -0.05) is 25.4 Å². The second kappa shape index (κ2) is 4.53. The maximum Gasteiger partial charge on any atom is 0.260 e. The third kappa shape index (κ3) is 2.10. The Morgan fingerprint density at radius 2 is 2.05 bits per heavy atom.